The van der Waals surface area contributed by atoms with Crippen molar-refractivity contribution in [3.05, 3.63) is 65.2 Å². The summed E-state index contributed by atoms with van der Waals surface area (Å²) in [5.74, 6) is 1.08. The van der Waals surface area contributed by atoms with E-state index in [0.717, 1.165) is 44.0 Å². The van der Waals surface area contributed by atoms with E-state index in [-0.39, 0.29) is 11.9 Å². The number of benzene rings is 2. The maximum Gasteiger partial charge on any atom is 0.244 e. The third-order valence-electron chi connectivity index (χ3n) is 5.19. The van der Waals surface area contributed by atoms with Crippen LogP contribution in [0.25, 0.3) is 6.08 Å². The van der Waals surface area contributed by atoms with Gasteiger partial charge in [0.1, 0.15) is 0 Å². The third kappa shape index (κ3) is 5.84. The van der Waals surface area contributed by atoms with E-state index in [9.17, 15) is 4.79 Å². The van der Waals surface area contributed by atoms with Crippen LogP contribution in [0.1, 0.15) is 22.7 Å². The maximum atomic E-state index is 12.7. The lowest BCUT2D eigenvalue weighted by Crippen LogP contribution is -2.42. The quantitative estimate of drug-likeness (QED) is 0.677. The first-order valence-corrected chi connectivity index (χ1v) is 10.2. The number of nitrogens with one attached hydrogen (secondary N) is 1. The lowest BCUT2D eigenvalue weighted by Gasteiger charge is -2.31. The second-order valence-electron chi connectivity index (χ2n) is 7.30. The number of hydrogen-bond donors (Lipinski definition) is 1. The molecule has 1 aliphatic heterocycles. The lowest BCUT2D eigenvalue weighted by atomic mass is 10.0. The Morgan fingerprint density at radius 2 is 1.87 bits per heavy atom. The molecule has 1 heterocycles. The summed E-state index contributed by atoms with van der Waals surface area (Å²) >= 11 is 0. The van der Waals surface area contributed by atoms with E-state index in [1.54, 1.807) is 20.3 Å². The van der Waals surface area contributed by atoms with Crippen molar-refractivity contribution in [3.63, 3.8) is 0 Å². The van der Waals surface area contributed by atoms with Crippen LogP contribution in [0.5, 0.6) is 11.5 Å². The number of carbonyl (C=O) groups is 1. The third-order valence-corrected chi connectivity index (χ3v) is 5.19. The number of methoxy groups -OCH3 is 2. The number of hydrogen-bond acceptors (Lipinski definition) is 5. The molecule has 30 heavy (non-hydrogen) atoms. The molecule has 1 N–H and O–H groups in total. The van der Waals surface area contributed by atoms with Crippen molar-refractivity contribution in [3.8, 4) is 11.5 Å². The summed E-state index contributed by atoms with van der Waals surface area (Å²) in [7, 11) is 3.18. The van der Waals surface area contributed by atoms with Crippen LogP contribution in [-0.2, 0) is 9.53 Å². The van der Waals surface area contributed by atoms with E-state index in [2.05, 4.69) is 41.4 Å². The minimum Gasteiger partial charge on any atom is -0.493 e. The molecule has 0 radical (unpaired) electrons. The molecule has 0 aliphatic carbocycles. The first-order valence-electron chi connectivity index (χ1n) is 10.2. The van der Waals surface area contributed by atoms with Gasteiger partial charge in [-0.2, -0.15) is 0 Å². The van der Waals surface area contributed by atoms with Crippen molar-refractivity contribution in [2.45, 2.75) is 13.0 Å². The zero-order chi connectivity index (χ0) is 21.3. The van der Waals surface area contributed by atoms with E-state index in [1.165, 1.54) is 11.6 Å². The predicted molar refractivity (Wildman–Crippen MR) is 118 cm³/mol. The number of carbonyl (C=O) groups excluding carboxylic acids is 1. The Morgan fingerprint density at radius 3 is 2.53 bits per heavy atom. The van der Waals surface area contributed by atoms with Crippen molar-refractivity contribution in [2.24, 2.45) is 0 Å². The molecule has 0 unspecified atom stereocenters. The standard InChI is InChI=1S/C24H30N2O4/c1-18-7-9-19(10-8-18)21(17-26-13-15-30-16-14-26)25-23(27)12-11-20-5-4-6-22(28-2)24(20)29-3/h4-12,21H,13-17H2,1-3H3,(H,25,27)/b12-11+/t21-/m1/s1. The molecule has 2 aromatic carbocycles. The molecule has 6 heteroatoms. The molecular formula is C24H30N2O4. The molecule has 0 bridgehead atoms. The summed E-state index contributed by atoms with van der Waals surface area (Å²) in [6.07, 6.45) is 3.29. The van der Waals surface area contributed by atoms with Crippen molar-refractivity contribution in [1.29, 1.82) is 0 Å². The number of morpholine rings is 1. The molecular weight excluding hydrogens is 380 g/mol. The van der Waals surface area contributed by atoms with Crippen LogP contribution in [0, 0.1) is 6.92 Å². The molecule has 0 aromatic heterocycles. The Kier molecular flexibility index (Phi) is 7.88. The van der Waals surface area contributed by atoms with Gasteiger partial charge in [0.15, 0.2) is 11.5 Å². The smallest absolute Gasteiger partial charge is 0.244 e. The van der Waals surface area contributed by atoms with Crippen LogP contribution < -0.4 is 14.8 Å². The highest BCUT2D eigenvalue weighted by Crippen LogP contribution is 2.31. The number of ether oxygens (including phenoxy) is 3. The van der Waals surface area contributed by atoms with Gasteiger partial charge in [0.05, 0.1) is 33.5 Å². The van der Waals surface area contributed by atoms with Crippen molar-refractivity contribution in [1.82, 2.24) is 10.2 Å². The summed E-state index contributed by atoms with van der Waals surface area (Å²) in [6.45, 7) is 6.00. The summed E-state index contributed by atoms with van der Waals surface area (Å²) in [5, 5.41) is 3.16. The van der Waals surface area contributed by atoms with Crippen LogP contribution in [0.2, 0.25) is 0 Å². The first kappa shape index (κ1) is 21.9. The van der Waals surface area contributed by atoms with Gasteiger partial charge in [-0.3, -0.25) is 9.69 Å². The van der Waals surface area contributed by atoms with E-state index in [0.29, 0.717) is 11.5 Å². The van der Waals surface area contributed by atoms with E-state index >= 15 is 0 Å². The van der Waals surface area contributed by atoms with Gasteiger partial charge in [0.2, 0.25) is 5.91 Å². The first-order chi connectivity index (χ1) is 14.6. The molecule has 1 atom stereocenters. The molecule has 3 rings (SSSR count). The molecule has 0 saturated carbocycles. The fourth-order valence-electron chi connectivity index (χ4n) is 3.50. The molecule has 6 nitrogen and oxygen atoms in total. The number of aryl methyl sites for hydroxylation is 1. The Balaban J connectivity index is 1.74. The van der Waals surface area contributed by atoms with Gasteiger partial charge >= 0.3 is 0 Å². The summed E-state index contributed by atoms with van der Waals surface area (Å²) in [5.41, 5.74) is 3.07. The molecule has 160 valence electrons. The molecule has 1 aliphatic rings. The Hall–Kier alpha value is -2.83. The fourth-order valence-corrected chi connectivity index (χ4v) is 3.50. The van der Waals surface area contributed by atoms with Gasteiger partial charge in [-0.15, -0.1) is 0 Å². The topological polar surface area (TPSA) is 60.0 Å². The predicted octanol–water partition coefficient (Wildman–Crippen LogP) is 3.22. The zero-order valence-electron chi connectivity index (χ0n) is 17.9. The van der Waals surface area contributed by atoms with Crippen LogP contribution in [0.15, 0.2) is 48.5 Å². The van der Waals surface area contributed by atoms with Gasteiger partial charge < -0.3 is 19.5 Å². The van der Waals surface area contributed by atoms with Crippen LogP contribution >= 0.6 is 0 Å². The summed E-state index contributed by atoms with van der Waals surface area (Å²) < 4.78 is 16.2. The molecule has 2 aromatic rings. The van der Waals surface area contributed by atoms with Gasteiger partial charge in [0, 0.05) is 31.3 Å². The summed E-state index contributed by atoms with van der Waals surface area (Å²) in [6, 6.07) is 13.8. The molecule has 1 saturated heterocycles. The van der Waals surface area contributed by atoms with E-state index in [1.807, 2.05) is 18.2 Å². The average molecular weight is 411 g/mol. The van der Waals surface area contributed by atoms with Gasteiger partial charge in [-0.05, 0) is 24.6 Å². The summed E-state index contributed by atoms with van der Waals surface area (Å²) in [4.78, 5) is 15.1. The average Bonchev–Trinajstić information content (AvgIpc) is 2.78. The van der Waals surface area contributed by atoms with Crippen LogP contribution in [-0.4, -0.2) is 57.9 Å². The van der Waals surface area contributed by atoms with Gasteiger partial charge in [0.25, 0.3) is 0 Å². The normalized spacial score (nSPS) is 15.7. The zero-order valence-corrected chi connectivity index (χ0v) is 17.9. The Labute approximate surface area is 178 Å². The van der Waals surface area contributed by atoms with Crippen LogP contribution in [0.4, 0.5) is 0 Å². The molecule has 1 fully saturated rings. The second-order valence-corrected chi connectivity index (χ2v) is 7.30. The Morgan fingerprint density at radius 1 is 1.13 bits per heavy atom. The van der Waals surface area contributed by atoms with Crippen molar-refractivity contribution < 1.29 is 19.0 Å². The van der Waals surface area contributed by atoms with Crippen molar-refractivity contribution in [2.75, 3.05) is 47.1 Å². The maximum absolute atomic E-state index is 12.7. The van der Waals surface area contributed by atoms with Gasteiger partial charge in [-0.1, -0.05) is 42.0 Å². The second kappa shape index (κ2) is 10.8. The number of nitrogens with zero attached hydrogens (tertiary/aromatic N) is 1. The number of amides is 1. The largest absolute Gasteiger partial charge is 0.493 e. The number of para-hydroxylation sites is 1. The van der Waals surface area contributed by atoms with E-state index < -0.39 is 0 Å². The highest BCUT2D eigenvalue weighted by atomic mass is 16.5. The van der Waals surface area contributed by atoms with E-state index in [4.69, 9.17) is 14.2 Å². The number of rotatable bonds is 8. The minimum absolute atomic E-state index is 0.104. The lowest BCUT2D eigenvalue weighted by molar-refractivity contribution is -0.117. The van der Waals surface area contributed by atoms with Gasteiger partial charge in [-0.25, -0.2) is 0 Å². The fraction of sp³-hybridized carbons (Fsp3) is 0.375. The minimum atomic E-state index is -0.154. The molecule has 0 spiro atoms. The highest BCUT2D eigenvalue weighted by molar-refractivity contribution is 5.92. The highest BCUT2D eigenvalue weighted by Gasteiger charge is 2.19. The monoisotopic (exact) mass is 410 g/mol. The Bertz CT molecular complexity index is 858. The van der Waals surface area contributed by atoms with Crippen LogP contribution in [0.3, 0.4) is 0 Å². The SMILES string of the molecule is COc1cccc(/C=C/C(=O)N[C@H](CN2CCOCC2)c2ccc(C)cc2)c1OC. The molecule has 1 amide bonds. The van der Waals surface area contributed by atoms with Crippen molar-refractivity contribution >= 4 is 12.0 Å².